The van der Waals surface area contributed by atoms with Crippen molar-refractivity contribution in [2.75, 3.05) is 0 Å². The number of unbranched alkanes of at least 4 members (excludes halogenated alkanes) is 5. The molecule has 0 saturated carbocycles. The van der Waals surface area contributed by atoms with Crippen molar-refractivity contribution in [3.8, 4) is 0 Å². The van der Waals surface area contributed by atoms with E-state index in [1.165, 1.54) is 63.5 Å². The molecule has 1 heteroatoms. The predicted molar refractivity (Wildman–Crippen MR) is 76.4 cm³/mol. The number of hydrogen-bond acceptors (Lipinski definition) is 0. The fourth-order valence-electron chi connectivity index (χ4n) is 2.57. The number of nitrogens with one attached hydrogen (secondary N) is 1. The number of hydrogen-bond donors (Lipinski definition) is 1. The Kier molecular flexibility index (Phi) is 7.87. The molecule has 0 radical (unpaired) electrons. The van der Waals surface area contributed by atoms with Gasteiger partial charge in [0.2, 0.25) is 0 Å². The monoisotopic (exact) mass is 235 g/mol. The summed E-state index contributed by atoms with van der Waals surface area (Å²) in [6.45, 7) is 4.57. The molecule has 0 fully saturated rings. The maximum Gasteiger partial charge on any atom is 0.0178 e. The summed E-state index contributed by atoms with van der Waals surface area (Å²) in [5, 5.41) is 0. The van der Waals surface area contributed by atoms with Crippen LogP contribution in [0.25, 0.3) is 0 Å². The molecule has 0 aromatic carbocycles. The van der Waals surface area contributed by atoms with Crippen LogP contribution in [0.1, 0.15) is 83.2 Å². The maximum absolute atomic E-state index is 3.38. The summed E-state index contributed by atoms with van der Waals surface area (Å²) in [5.74, 6) is 0.765. The molecular weight excluding hydrogens is 206 g/mol. The van der Waals surface area contributed by atoms with Gasteiger partial charge in [-0.25, -0.2) is 0 Å². The predicted octanol–water partition coefficient (Wildman–Crippen LogP) is 5.65. The highest BCUT2D eigenvalue weighted by molar-refractivity contribution is 5.09. The maximum atomic E-state index is 3.38. The molecule has 0 saturated heterocycles. The van der Waals surface area contributed by atoms with Crippen LogP contribution >= 0.6 is 0 Å². The van der Waals surface area contributed by atoms with E-state index in [1.807, 2.05) is 0 Å². The summed E-state index contributed by atoms with van der Waals surface area (Å²) in [6.07, 6.45) is 14.5. The molecule has 17 heavy (non-hydrogen) atoms. The molecule has 1 rings (SSSR count). The van der Waals surface area contributed by atoms with Crippen LogP contribution in [0.5, 0.6) is 0 Å². The zero-order valence-corrected chi connectivity index (χ0v) is 11.7. The molecule has 1 heterocycles. The molecule has 0 aliphatic rings. The van der Waals surface area contributed by atoms with Crippen molar-refractivity contribution in [2.24, 2.45) is 0 Å². The van der Waals surface area contributed by atoms with Crippen molar-refractivity contribution in [1.29, 1.82) is 0 Å². The first kappa shape index (κ1) is 14.3. The quantitative estimate of drug-likeness (QED) is 0.504. The van der Waals surface area contributed by atoms with Gasteiger partial charge in [-0.15, -0.1) is 0 Å². The van der Waals surface area contributed by atoms with Gasteiger partial charge in [-0.05, 0) is 30.9 Å². The van der Waals surface area contributed by atoms with Gasteiger partial charge < -0.3 is 4.98 Å². The third-order valence-corrected chi connectivity index (χ3v) is 3.61. The van der Waals surface area contributed by atoms with E-state index in [2.05, 4.69) is 37.2 Å². The second-order valence-corrected chi connectivity index (χ2v) is 5.17. The van der Waals surface area contributed by atoms with Gasteiger partial charge in [0.1, 0.15) is 0 Å². The Balaban J connectivity index is 2.17. The minimum absolute atomic E-state index is 0.765. The van der Waals surface area contributed by atoms with Crippen LogP contribution in [0.4, 0.5) is 0 Å². The van der Waals surface area contributed by atoms with E-state index in [-0.39, 0.29) is 0 Å². The third kappa shape index (κ3) is 5.95. The number of aromatic nitrogens is 1. The van der Waals surface area contributed by atoms with Crippen molar-refractivity contribution < 1.29 is 0 Å². The molecule has 1 aromatic rings. The van der Waals surface area contributed by atoms with Crippen LogP contribution in [0.2, 0.25) is 0 Å². The minimum Gasteiger partial charge on any atom is -0.365 e. The summed E-state index contributed by atoms with van der Waals surface area (Å²) in [4.78, 5) is 3.38. The summed E-state index contributed by atoms with van der Waals surface area (Å²) >= 11 is 0. The Morgan fingerprint density at radius 1 is 0.941 bits per heavy atom. The molecule has 1 aromatic heterocycles. The average molecular weight is 235 g/mol. The molecule has 98 valence electrons. The average Bonchev–Trinajstić information content (AvgIpc) is 2.86. The molecule has 1 nitrogen and oxygen atoms in total. The minimum atomic E-state index is 0.765. The van der Waals surface area contributed by atoms with Crippen molar-refractivity contribution >= 4 is 0 Å². The largest absolute Gasteiger partial charge is 0.365 e. The molecule has 0 spiro atoms. The number of H-pyrrole nitrogens is 1. The standard InChI is InChI=1S/C16H29N/c1-3-5-6-7-8-9-12-15(11-4-2)16-13-10-14-17-16/h10,13-15,17H,3-9,11-12H2,1-2H3. The second kappa shape index (κ2) is 9.32. The fourth-order valence-corrected chi connectivity index (χ4v) is 2.57. The molecule has 0 amide bonds. The highest BCUT2D eigenvalue weighted by Gasteiger charge is 2.10. The van der Waals surface area contributed by atoms with E-state index >= 15 is 0 Å². The van der Waals surface area contributed by atoms with Gasteiger partial charge in [-0.1, -0.05) is 58.8 Å². The molecular formula is C16H29N. The Hall–Kier alpha value is -0.720. The summed E-state index contributed by atoms with van der Waals surface area (Å²) in [7, 11) is 0. The lowest BCUT2D eigenvalue weighted by Crippen LogP contribution is -1.99. The summed E-state index contributed by atoms with van der Waals surface area (Å²) in [5.41, 5.74) is 1.44. The van der Waals surface area contributed by atoms with Crippen LogP contribution in [-0.4, -0.2) is 4.98 Å². The van der Waals surface area contributed by atoms with Crippen molar-refractivity contribution in [2.45, 2.75) is 77.6 Å². The topological polar surface area (TPSA) is 15.8 Å². The first-order valence-corrected chi connectivity index (χ1v) is 7.51. The van der Waals surface area contributed by atoms with Gasteiger partial charge >= 0.3 is 0 Å². The highest BCUT2D eigenvalue weighted by atomic mass is 14.7. The third-order valence-electron chi connectivity index (χ3n) is 3.61. The Labute approximate surface area is 107 Å². The van der Waals surface area contributed by atoms with Crippen molar-refractivity contribution in [3.05, 3.63) is 24.0 Å². The van der Waals surface area contributed by atoms with E-state index < -0.39 is 0 Å². The molecule has 1 N–H and O–H groups in total. The smallest absolute Gasteiger partial charge is 0.0178 e. The van der Waals surface area contributed by atoms with Crippen LogP contribution < -0.4 is 0 Å². The van der Waals surface area contributed by atoms with Gasteiger partial charge in [0, 0.05) is 11.9 Å². The first-order chi connectivity index (χ1) is 8.38. The Morgan fingerprint density at radius 3 is 2.35 bits per heavy atom. The van der Waals surface area contributed by atoms with Gasteiger partial charge in [-0.3, -0.25) is 0 Å². The second-order valence-electron chi connectivity index (χ2n) is 5.17. The van der Waals surface area contributed by atoms with E-state index in [9.17, 15) is 0 Å². The zero-order chi connectivity index (χ0) is 12.3. The molecule has 0 aliphatic carbocycles. The lowest BCUT2D eigenvalue weighted by Gasteiger charge is -2.14. The van der Waals surface area contributed by atoms with Crippen LogP contribution in [0, 0.1) is 0 Å². The molecule has 1 unspecified atom stereocenters. The first-order valence-electron chi connectivity index (χ1n) is 7.51. The lowest BCUT2D eigenvalue weighted by atomic mass is 9.93. The molecule has 1 atom stereocenters. The van der Waals surface area contributed by atoms with Gasteiger partial charge in [0.05, 0.1) is 0 Å². The fraction of sp³-hybridized carbons (Fsp3) is 0.750. The summed E-state index contributed by atoms with van der Waals surface area (Å²) in [6, 6.07) is 4.37. The molecule has 0 aliphatic heterocycles. The lowest BCUT2D eigenvalue weighted by molar-refractivity contribution is 0.506. The zero-order valence-electron chi connectivity index (χ0n) is 11.7. The van der Waals surface area contributed by atoms with E-state index in [4.69, 9.17) is 0 Å². The van der Waals surface area contributed by atoms with Crippen molar-refractivity contribution in [3.63, 3.8) is 0 Å². The molecule has 0 bridgehead atoms. The van der Waals surface area contributed by atoms with Crippen LogP contribution in [0.15, 0.2) is 18.3 Å². The van der Waals surface area contributed by atoms with Gasteiger partial charge in [-0.2, -0.15) is 0 Å². The Morgan fingerprint density at radius 2 is 1.71 bits per heavy atom. The van der Waals surface area contributed by atoms with Crippen LogP contribution in [0.3, 0.4) is 0 Å². The van der Waals surface area contributed by atoms with Crippen molar-refractivity contribution in [1.82, 2.24) is 4.98 Å². The SMILES string of the molecule is CCCCCCCCC(CCC)c1ccc[nH]1. The normalized spacial score (nSPS) is 12.8. The van der Waals surface area contributed by atoms with Gasteiger partial charge in [0.25, 0.3) is 0 Å². The van der Waals surface area contributed by atoms with E-state index in [1.54, 1.807) is 0 Å². The number of rotatable bonds is 10. The van der Waals surface area contributed by atoms with Gasteiger partial charge in [0.15, 0.2) is 0 Å². The Bertz CT molecular complexity index is 250. The number of aromatic amines is 1. The van der Waals surface area contributed by atoms with E-state index in [0.717, 1.165) is 5.92 Å². The highest BCUT2D eigenvalue weighted by Crippen LogP contribution is 2.26. The van der Waals surface area contributed by atoms with E-state index in [0.29, 0.717) is 0 Å². The van der Waals surface area contributed by atoms with Crippen LogP contribution in [-0.2, 0) is 0 Å². The summed E-state index contributed by atoms with van der Waals surface area (Å²) < 4.78 is 0.